The molecule has 0 heterocycles. The second kappa shape index (κ2) is 71.3. The molecule has 0 aliphatic rings. The Morgan fingerprint density at radius 2 is 0.622 bits per heavy atom. The Morgan fingerprint density at radius 1 is 0.341 bits per heavy atom. The highest BCUT2D eigenvalue weighted by atomic mass is 16.5. The van der Waals surface area contributed by atoms with E-state index in [4.69, 9.17) is 4.74 Å². The van der Waals surface area contributed by atoms with E-state index in [0.29, 0.717) is 19.4 Å². The van der Waals surface area contributed by atoms with Crippen LogP contribution in [0.2, 0.25) is 0 Å². The SMILES string of the molecule is CCCC/C=C\C/C=C\CCCCCCCC(=O)OCCCCCCCCCCCCCC/C=C\CCCCCCCCCCCCCCCCC(=O)NC(CO)C(O)/C=C/CCCCCCCCCCCCCCCCCCCCC. The third kappa shape index (κ3) is 67.0. The van der Waals surface area contributed by atoms with E-state index >= 15 is 0 Å². The summed E-state index contributed by atoms with van der Waals surface area (Å²) in [6.45, 7) is 4.89. The van der Waals surface area contributed by atoms with Crippen LogP contribution >= 0.6 is 0 Å². The Kier molecular flexibility index (Phi) is 69.4. The number of allylic oxidation sites excluding steroid dienone is 7. The van der Waals surface area contributed by atoms with Gasteiger partial charge in [-0.25, -0.2) is 0 Å². The summed E-state index contributed by atoms with van der Waals surface area (Å²) in [6.07, 6.45) is 93.5. The summed E-state index contributed by atoms with van der Waals surface area (Å²) in [7, 11) is 0. The van der Waals surface area contributed by atoms with Gasteiger partial charge in [-0.2, -0.15) is 0 Å². The molecule has 482 valence electrons. The van der Waals surface area contributed by atoms with E-state index in [9.17, 15) is 19.8 Å². The fourth-order valence-corrected chi connectivity index (χ4v) is 11.4. The van der Waals surface area contributed by atoms with E-state index in [-0.39, 0.29) is 18.5 Å². The maximum Gasteiger partial charge on any atom is 0.305 e. The Balaban J connectivity index is 3.40. The Hall–Kier alpha value is -2.18. The third-order valence-corrected chi connectivity index (χ3v) is 17.1. The molecule has 0 aromatic rings. The highest BCUT2D eigenvalue weighted by molar-refractivity contribution is 5.76. The first kappa shape index (κ1) is 79.8. The number of esters is 1. The summed E-state index contributed by atoms with van der Waals surface area (Å²) < 4.78 is 5.48. The number of rotatable bonds is 69. The van der Waals surface area contributed by atoms with Crippen LogP contribution in [0.25, 0.3) is 0 Å². The molecule has 0 aliphatic carbocycles. The zero-order valence-corrected chi connectivity index (χ0v) is 55.2. The second-order valence-electron chi connectivity index (χ2n) is 25.3. The molecule has 0 saturated heterocycles. The van der Waals surface area contributed by atoms with E-state index in [1.165, 1.54) is 321 Å². The topological polar surface area (TPSA) is 95.9 Å². The minimum Gasteiger partial charge on any atom is -0.466 e. The molecule has 0 rings (SSSR count). The molecule has 0 aromatic carbocycles. The second-order valence-corrected chi connectivity index (χ2v) is 25.3. The smallest absolute Gasteiger partial charge is 0.305 e. The predicted molar refractivity (Wildman–Crippen MR) is 361 cm³/mol. The van der Waals surface area contributed by atoms with Crippen molar-refractivity contribution < 1.29 is 24.5 Å². The zero-order valence-electron chi connectivity index (χ0n) is 55.2. The molecule has 0 spiro atoms. The number of aliphatic hydroxyl groups is 2. The van der Waals surface area contributed by atoms with E-state index in [2.05, 4.69) is 55.6 Å². The van der Waals surface area contributed by atoms with E-state index < -0.39 is 12.1 Å². The van der Waals surface area contributed by atoms with Gasteiger partial charge in [-0.05, 0) is 83.5 Å². The molecule has 3 N–H and O–H groups in total. The number of unbranched alkanes of at least 4 members (excludes halogenated alkanes) is 52. The van der Waals surface area contributed by atoms with Crippen molar-refractivity contribution in [2.75, 3.05) is 13.2 Å². The van der Waals surface area contributed by atoms with Crippen LogP contribution in [0.1, 0.15) is 399 Å². The van der Waals surface area contributed by atoms with Crippen LogP contribution in [0.5, 0.6) is 0 Å². The molecule has 2 atom stereocenters. The van der Waals surface area contributed by atoms with Crippen molar-refractivity contribution in [1.29, 1.82) is 0 Å². The fourth-order valence-electron chi connectivity index (χ4n) is 11.4. The van der Waals surface area contributed by atoms with Gasteiger partial charge in [-0.15, -0.1) is 0 Å². The van der Waals surface area contributed by atoms with Crippen LogP contribution in [0, 0.1) is 0 Å². The number of ether oxygens (including phenoxy) is 1. The zero-order chi connectivity index (χ0) is 59.2. The first-order valence-electron chi connectivity index (χ1n) is 36.9. The molecule has 6 nitrogen and oxygen atoms in total. The molecule has 82 heavy (non-hydrogen) atoms. The minimum absolute atomic E-state index is 0.00233. The number of hydrogen-bond donors (Lipinski definition) is 3. The molecule has 0 radical (unpaired) electrons. The summed E-state index contributed by atoms with van der Waals surface area (Å²) >= 11 is 0. The van der Waals surface area contributed by atoms with Gasteiger partial charge in [0.2, 0.25) is 5.91 Å². The van der Waals surface area contributed by atoms with Gasteiger partial charge >= 0.3 is 5.97 Å². The monoisotopic (exact) mass is 1150 g/mol. The first-order valence-corrected chi connectivity index (χ1v) is 36.9. The van der Waals surface area contributed by atoms with Crippen LogP contribution in [-0.2, 0) is 14.3 Å². The maximum atomic E-state index is 12.5. The lowest BCUT2D eigenvalue weighted by Crippen LogP contribution is -2.45. The average Bonchev–Trinajstić information content (AvgIpc) is 3.48. The van der Waals surface area contributed by atoms with Crippen molar-refractivity contribution >= 4 is 11.9 Å². The molecule has 0 aliphatic heterocycles. The van der Waals surface area contributed by atoms with Crippen LogP contribution in [-0.4, -0.2) is 47.4 Å². The number of aliphatic hydroxyl groups excluding tert-OH is 2. The highest BCUT2D eigenvalue weighted by Gasteiger charge is 2.18. The molecule has 6 heteroatoms. The Morgan fingerprint density at radius 3 is 0.976 bits per heavy atom. The molecule has 0 saturated carbocycles. The molecular formula is C76H143NO5. The largest absolute Gasteiger partial charge is 0.466 e. The molecule has 0 bridgehead atoms. The lowest BCUT2D eigenvalue weighted by Gasteiger charge is -2.20. The Bertz CT molecular complexity index is 1370. The highest BCUT2D eigenvalue weighted by Crippen LogP contribution is 2.19. The summed E-state index contributed by atoms with van der Waals surface area (Å²) in [5.41, 5.74) is 0. The standard InChI is InChI=1S/C76H143NO5/c1-3-5-7-9-11-13-15-17-19-20-21-32-35-38-41-44-48-52-56-60-64-68-74(79)73(72-78)77-75(80)69-65-61-57-53-49-45-42-39-36-33-30-28-26-24-22-23-25-27-29-31-34-37-40-43-47-51-55-59-63-67-71-82-76(81)70-66-62-58-54-50-46-18-16-14-12-10-8-6-4-2/h10,12,16,18,23,25,64,68,73-74,78-79H,3-9,11,13-15,17,19-22,24,26-63,65-67,69-72H2,1-2H3,(H,77,80)/b12-10-,18-16-,25-23-,68-64+. The van der Waals surface area contributed by atoms with Crippen LogP contribution in [0.3, 0.4) is 0 Å². The minimum atomic E-state index is -0.845. The third-order valence-electron chi connectivity index (χ3n) is 17.1. The van der Waals surface area contributed by atoms with Gasteiger partial charge in [0.25, 0.3) is 0 Å². The van der Waals surface area contributed by atoms with Crippen LogP contribution in [0.15, 0.2) is 48.6 Å². The van der Waals surface area contributed by atoms with Crippen molar-refractivity contribution in [2.45, 2.75) is 411 Å². The summed E-state index contributed by atoms with van der Waals surface area (Å²) in [5.74, 6) is -0.0606. The van der Waals surface area contributed by atoms with Gasteiger partial charge in [-0.3, -0.25) is 9.59 Å². The van der Waals surface area contributed by atoms with Gasteiger partial charge in [0.15, 0.2) is 0 Å². The van der Waals surface area contributed by atoms with Gasteiger partial charge < -0.3 is 20.3 Å². The predicted octanol–water partition coefficient (Wildman–Crippen LogP) is 24.0. The van der Waals surface area contributed by atoms with E-state index in [1.807, 2.05) is 6.08 Å². The normalized spacial score (nSPS) is 12.8. The lowest BCUT2D eigenvalue weighted by atomic mass is 10.0. The van der Waals surface area contributed by atoms with Crippen molar-refractivity contribution in [3.05, 3.63) is 48.6 Å². The van der Waals surface area contributed by atoms with Gasteiger partial charge in [0.05, 0.1) is 25.4 Å². The number of carbonyl (C=O) groups excluding carboxylic acids is 2. The summed E-state index contributed by atoms with van der Waals surface area (Å²) in [4.78, 5) is 24.6. The van der Waals surface area contributed by atoms with Crippen molar-refractivity contribution in [3.63, 3.8) is 0 Å². The van der Waals surface area contributed by atoms with Crippen LogP contribution < -0.4 is 5.32 Å². The number of hydrogen-bond acceptors (Lipinski definition) is 5. The molecule has 1 amide bonds. The fraction of sp³-hybridized carbons (Fsp3) is 0.868. The number of nitrogens with one attached hydrogen (secondary N) is 1. The Labute approximate surface area is 512 Å². The maximum absolute atomic E-state index is 12.5. The average molecular weight is 1150 g/mol. The van der Waals surface area contributed by atoms with Gasteiger partial charge in [0, 0.05) is 12.8 Å². The van der Waals surface area contributed by atoms with Crippen molar-refractivity contribution in [3.8, 4) is 0 Å². The number of carbonyl (C=O) groups is 2. The van der Waals surface area contributed by atoms with Crippen LogP contribution in [0.4, 0.5) is 0 Å². The number of amides is 1. The molecule has 0 aromatic heterocycles. The molecule has 2 unspecified atom stereocenters. The summed E-state index contributed by atoms with van der Waals surface area (Å²) in [5, 5.41) is 23.3. The van der Waals surface area contributed by atoms with Gasteiger partial charge in [0.1, 0.15) is 0 Å². The lowest BCUT2D eigenvalue weighted by molar-refractivity contribution is -0.143. The quantitative estimate of drug-likeness (QED) is 0.0320. The first-order chi connectivity index (χ1) is 40.5. The van der Waals surface area contributed by atoms with E-state index in [0.717, 1.165) is 51.4 Å². The van der Waals surface area contributed by atoms with E-state index in [1.54, 1.807) is 6.08 Å². The molecule has 0 fully saturated rings. The van der Waals surface area contributed by atoms with Crippen molar-refractivity contribution in [2.24, 2.45) is 0 Å². The van der Waals surface area contributed by atoms with Gasteiger partial charge in [-0.1, -0.05) is 351 Å². The molecular weight excluding hydrogens is 1010 g/mol. The summed E-state index contributed by atoms with van der Waals surface area (Å²) in [6, 6.07) is -0.628. The van der Waals surface area contributed by atoms with Crippen molar-refractivity contribution in [1.82, 2.24) is 5.32 Å².